The summed E-state index contributed by atoms with van der Waals surface area (Å²) in [6, 6.07) is 1.98. The van der Waals surface area contributed by atoms with Crippen LogP contribution in [0.25, 0.3) is 0 Å². The molecule has 0 bridgehead atoms. The molecule has 1 unspecified atom stereocenters. The highest BCUT2D eigenvalue weighted by molar-refractivity contribution is 9.10. The van der Waals surface area contributed by atoms with Crippen LogP contribution < -0.4 is 5.73 Å². The average molecular weight is 306 g/mol. The topological polar surface area (TPSA) is 35.2 Å². The van der Waals surface area contributed by atoms with Crippen molar-refractivity contribution in [1.82, 2.24) is 0 Å². The summed E-state index contributed by atoms with van der Waals surface area (Å²) < 4.78 is 33.0. The van der Waals surface area contributed by atoms with Crippen molar-refractivity contribution in [3.63, 3.8) is 0 Å². The van der Waals surface area contributed by atoms with E-state index >= 15 is 0 Å². The standard InChI is InChI=1S/C12H14BrF2NO/c13-8-1-2-9(14)10(11(8)15)12(16)7-3-5-17-6-4-7/h1-2,7,12H,3-6,16H2. The largest absolute Gasteiger partial charge is 0.381 e. The Bertz CT molecular complexity index is 408. The second-order valence-electron chi connectivity index (χ2n) is 4.23. The van der Waals surface area contributed by atoms with E-state index in [9.17, 15) is 8.78 Å². The first kappa shape index (κ1) is 12.9. The van der Waals surface area contributed by atoms with Gasteiger partial charge in [-0.15, -0.1) is 0 Å². The van der Waals surface area contributed by atoms with E-state index < -0.39 is 17.7 Å². The summed E-state index contributed by atoms with van der Waals surface area (Å²) in [5.41, 5.74) is 5.96. The highest BCUT2D eigenvalue weighted by Gasteiger charge is 2.27. The normalized spacial score (nSPS) is 19.3. The molecule has 1 fully saturated rings. The van der Waals surface area contributed by atoms with E-state index in [1.807, 2.05) is 0 Å². The number of nitrogens with two attached hydrogens (primary N) is 1. The van der Waals surface area contributed by atoms with Crippen molar-refractivity contribution >= 4 is 15.9 Å². The molecule has 0 amide bonds. The summed E-state index contributed by atoms with van der Waals surface area (Å²) >= 11 is 3.05. The molecule has 1 aliphatic heterocycles. The fourth-order valence-corrected chi connectivity index (χ4v) is 2.50. The van der Waals surface area contributed by atoms with Gasteiger partial charge in [0.1, 0.15) is 11.6 Å². The Morgan fingerprint density at radius 3 is 2.59 bits per heavy atom. The predicted molar refractivity (Wildman–Crippen MR) is 64.5 cm³/mol. The van der Waals surface area contributed by atoms with Crippen molar-refractivity contribution in [2.45, 2.75) is 18.9 Å². The summed E-state index contributed by atoms with van der Waals surface area (Å²) in [5, 5.41) is 0. The van der Waals surface area contributed by atoms with Gasteiger partial charge in [0.15, 0.2) is 0 Å². The monoisotopic (exact) mass is 305 g/mol. The van der Waals surface area contributed by atoms with Crippen molar-refractivity contribution in [2.75, 3.05) is 13.2 Å². The summed E-state index contributed by atoms with van der Waals surface area (Å²) in [6.07, 6.45) is 1.49. The van der Waals surface area contributed by atoms with Gasteiger partial charge in [0, 0.05) is 24.8 Å². The first-order valence-electron chi connectivity index (χ1n) is 5.58. The van der Waals surface area contributed by atoms with Gasteiger partial charge in [0.05, 0.1) is 4.47 Å². The molecular weight excluding hydrogens is 292 g/mol. The smallest absolute Gasteiger partial charge is 0.145 e. The van der Waals surface area contributed by atoms with Crippen LogP contribution in [-0.2, 0) is 4.74 Å². The van der Waals surface area contributed by atoms with Crippen LogP contribution in [0, 0.1) is 17.6 Å². The van der Waals surface area contributed by atoms with E-state index in [1.54, 1.807) is 0 Å². The molecule has 0 radical (unpaired) electrons. The Labute approximate surface area is 107 Å². The van der Waals surface area contributed by atoms with E-state index in [-0.39, 0.29) is 16.0 Å². The Morgan fingerprint density at radius 2 is 1.94 bits per heavy atom. The van der Waals surface area contributed by atoms with Crippen molar-refractivity contribution in [2.24, 2.45) is 11.7 Å². The van der Waals surface area contributed by atoms with E-state index in [0.29, 0.717) is 13.2 Å². The lowest BCUT2D eigenvalue weighted by atomic mass is 9.87. The summed E-state index contributed by atoms with van der Waals surface area (Å²) in [6.45, 7) is 1.21. The molecule has 94 valence electrons. The summed E-state index contributed by atoms with van der Waals surface area (Å²) in [5.74, 6) is -1.10. The van der Waals surface area contributed by atoms with Crippen LogP contribution in [0.15, 0.2) is 16.6 Å². The maximum Gasteiger partial charge on any atom is 0.145 e. The molecule has 2 rings (SSSR count). The molecular formula is C12H14BrF2NO. The van der Waals surface area contributed by atoms with Crippen molar-refractivity contribution in [3.8, 4) is 0 Å². The first-order valence-corrected chi connectivity index (χ1v) is 6.37. The maximum absolute atomic E-state index is 13.9. The number of hydrogen-bond acceptors (Lipinski definition) is 2. The molecule has 1 aliphatic rings. The number of ether oxygens (including phenoxy) is 1. The molecule has 17 heavy (non-hydrogen) atoms. The SMILES string of the molecule is NC(c1c(F)ccc(Br)c1F)C1CCOCC1. The van der Waals surface area contributed by atoms with Crippen molar-refractivity contribution in [3.05, 3.63) is 33.8 Å². The fraction of sp³-hybridized carbons (Fsp3) is 0.500. The number of halogens is 3. The van der Waals surface area contributed by atoms with Gasteiger partial charge in [-0.1, -0.05) is 0 Å². The highest BCUT2D eigenvalue weighted by Crippen LogP contribution is 2.33. The van der Waals surface area contributed by atoms with Crippen LogP contribution in [0.4, 0.5) is 8.78 Å². The summed E-state index contributed by atoms with van der Waals surface area (Å²) in [4.78, 5) is 0. The maximum atomic E-state index is 13.9. The molecule has 1 saturated heterocycles. The minimum Gasteiger partial charge on any atom is -0.381 e. The number of benzene rings is 1. The van der Waals surface area contributed by atoms with E-state index in [4.69, 9.17) is 10.5 Å². The second-order valence-corrected chi connectivity index (χ2v) is 5.09. The molecule has 5 heteroatoms. The van der Waals surface area contributed by atoms with Crippen LogP contribution in [0.1, 0.15) is 24.4 Å². The third-order valence-corrected chi connectivity index (χ3v) is 3.80. The average Bonchev–Trinajstić information content (AvgIpc) is 2.35. The number of hydrogen-bond donors (Lipinski definition) is 1. The van der Waals surface area contributed by atoms with E-state index in [2.05, 4.69) is 15.9 Å². The molecule has 2 N–H and O–H groups in total. The Balaban J connectivity index is 2.29. The van der Waals surface area contributed by atoms with Crippen LogP contribution in [0.3, 0.4) is 0 Å². The van der Waals surface area contributed by atoms with E-state index in [0.717, 1.165) is 12.8 Å². The summed E-state index contributed by atoms with van der Waals surface area (Å²) in [7, 11) is 0. The van der Waals surface area contributed by atoms with Gasteiger partial charge in [0.2, 0.25) is 0 Å². The van der Waals surface area contributed by atoms with Gasteiger partial charge in [0.25, 0.3) is 0 Å². The zero-order valence-electron chi connectivity index (χ0n) is 9.26. The van der Waals surface area contributed by atoms with Crippen LogP contribution in [0.2, 0.25) is 0 Å². The minimum absolute atomic E-state index is 0.0220. The Morgan fingerprint density at radius 1 is 1.29 bits per heavy atom. The van der Waals surface area contributed by atoms with Gasteiger partial charge >= 0.3 is 0 Å². The van der Waals surface area contributed by atoms with Gasteiger partial charge in [-0.3, -0.25) is 0 Å². The van der Waals surface area contributed by atoms with Gasteiger partial charge in [-0.2, -0.15) is 0 Å². The molecule has 0 spiro atoms. The predicted octanol–water partition coefficient (Wildman–Crippen LogP) is 3.15. The third kappa shape index (κ3) is 2.67. The van der Waals surface area contributed by atoms with Crippen LogP contribution in [-0.4, -0.2) is 13.2 Å². The quantitative estimate of drug-likeness (QED) is 0.852. The van der Waals surface area contributed by atoms with Gasteiger partial charge in [-0.05, 0) is 46.8 Å². The lowest BCUT2D eigenvalue weighted by Gasteiger charge is -2.28. The zero-order chi connectivity index (χ0) is 12.4. The van der Waals surface area contributed by atoms with Crippen molar-refractivity contribution in [1.29, 1.82) is 0 Å². The Hall–Kier alpha value is -0.520. The zero-order valence-corrected chi connectivity index (χ0v) is 10.8. The fourth-order valence-electron chi connectivity index (χ4n) is 2.16. The molecule has 0 aromatic heterocycles. The van der Waals surface area contributed by atoms with Crippen molar-refractivity contribution < 1.29 is 13.5 Å². The molecule has 1 heterocycles. The van der Waals surface area contributed by atoms with E-state index in [1.165, 1.54) is 12.1 Å². The van der Waals surface area contributed by atoms with Crippen LogP contribution in [0.5, 0.6) is 0 Å². The molecule has 1 atom stereocenters. The van der Waals surface area contributed by atoms with Gasteiger partial charge in [-0.25, -0.2) is 8.78 Å². The molecule has 2 nitrogen and oxygen atoms in total. The molecule has 1 aromatic rings. The lowest BCUT2D eigenvalue weighted by molar-refractivity contribution is 0.0575. The third-order valence-electron chi connectivity index (χ3n) is 3.19. The van der Waals surface area contributed by atoms with Crippen LogP contribution >= 0.6 is 15.9 Å². The molecule has 0 aliphatic carbocycles. The molecule has 0 saturated carbocycles. The molecule has 1 aromatic carbocycles. The second kappa shape index (κ2) is 5.42. The minimum atomic E-state index is -0.614. The first-order chi connectivity index (χ1) is 8.11. The number of rotatable bonds is 2. The van der Waals surface area contributed by atoms with Gasteiger partial charge < -0.3 is 10.5 Å². The Kier molecular flexibility index (Phi) is 4.12. The lowest BCUT2D eigenvalue weighted by Crippen LogP contribution is -2.29. The highest BCUT2D eigenvalue weighted by atomic mass is 79.9.